The number of piperazine rings is 1. The summed E-state index contributed by atoms with van der Waals surface area (Å²) in [5.41, 5.74) is 0.607. The summed E-state index contributed by atoms with van der Waals surface area (Å²) in [7, 11) is 0. The SMILES string of the molecule is CC[C@@H](c1ccc(F)cc1F)N1CCNCC1.Cl.Cl. The van der Waals surface area contributed by atoms with Crippen LogP contribution in [0.3, 0.4) is 0 Å². The summed E-state index contributed by atoms with van der Waals surface area (Å²) >= 11 is 0. The highest BCUT2D eigenvalue weighted by atomic mass is 35.5. The predicted molar refractivity (Wildman–Crippen MR) is 78.3 cm³/mol. The van der Waals surface area contributed by atoms with Crippen molar-refractivity contribution >= 4 is 24.8 Å². The minimum absolute atomic E-state index is 0. The average molecular weight is 313 g/mol. The van der Waals surface area contributed by atoms with Crippen molar-refractivity contribution in [2.24, 2.45) is 0 Å². The fraction of sp³-hybridized carbons (Fsp3) is 0.538. The van der Waals surface area contributed by atoms with Crippen LogP contribution in [-0.2, 0) is 0 Å². The van der Waals surface area contributed by atoms with Gasteiger partial charge >= 0.3 is 0 Å². The smallest absolute Gasteiger partial charge is 0.130 e. The van der Waals surface area contributed by atoms with E-state index in [0.29, 0.717) is 5.56 Å². The molecule has 1 fully saturated rings. The van der Waals surface area contributed by atoms with Crippen LogP contribution in [0.2, 0.25) is 0 Å². The monoisotopic (exact) mass is 312 g/mol. The molecule has 0 amide bonds. The van der Waals surface area contributed by atoms with Gasteiger partial charge in [0.15, 0.2) is 0 Å². The van der Waals surface area contributed by atoms with Gasteiger partial charge in [0.25, 0.3) is 0 Å². The Morgan fingerprint density at radius 2 is 1.84 bits per heavy atom. The highest BCUT2D eigenvalue weighted by Crippen LogP contribution is 2.27. The van der Waals surface area contributed by atoms with Gasteiger partial charge in [-0.3, -0.25) is 4.90 Å². The lowest BCUT2D eigenvalue weighted by Gasteiger charge is -2.34. The molecule has 0 aliphatic carbocycles. The standard InChI is InChI=1S/C13H18F2N2.2ClH/c1-2-13(17-7-5-16-6-8-17)11-4-3-10(14)9-12(11)15;;/h3-4,9,13,16H,2,5-8H2,1H3;2*1H/t13-;;/m0../s1. The van der Waals surface area contributed by atoms with Crippen molar-refractivity contribution in [1.82, 2.24) is 10.2 Å². The molecule has 19 heavy (non-hydrogen) atoms. The highest BCUT2D eigenvalue weighted by Gasteiger charge is 2.23. The third kappa shape index (κ3) is 4.56. The number of hydrogen-bond donors (Lipinski definition) is 1. The second-order valence-corrected chi connectivity index (χ2v) is 4.38. The van der Waals surface area contributed by atoms with E-state index in [1.165, 1.54) is 6.07 Å². The number of nitrogens with zero attached hydrogens (tertiary/aromatic N) is 1. The first-order chi connectivity index (χ1) is 8.22. The molecular weight excluding hydrogens is 293 g/mol. The molecule has 110 valence electrons. The summed E-state index contributed by atoms with van der Waals surface area (Å²) in [6.07, 6.45) is 0.836. The molecule has 1 saturated heterocycles. The van der Waals surface area contributed by atoms with Crippen molar-refractivity contribution in [2.75, 3.05) is 26.2 Å². The predicted octanol–water partition coefficient (Wildman–Crippen LogP) is 3.16. The molecule has 0 spiro atoms. The van der Waals surface area contributed by atoms with Crippen molar-refractivity contribution in [3.05, 3.63) is 35.4 Å². The first-order valence-electron chi connectivity index (χ1n) is 6.12. The Hall–Kier alpha value is -0.420. The highest BCUT2D eigenvalue weighted by molar-refractivity contribution is 5.85. The normalized spacial score (nSPS) is 17.2. The van der Waals surface area contributed by atoms with Gasteiger partial charge in [0.1, 0.15) is 11.6 Å². The van der Waals surface area contributed by atoms with E-state index in [4.69, 9.17) is 0 Å². The van der Waals surface area contributed by atoms with Gasteiger partial charge in [0.05, 0.1) is 0 Å². The molecule has 1 aromatic rings. The van der Waals surface area contributed by atoms with E-state index in [2.05, 4.69) is 10.2 Å². The lowest BCUT2D eigenvalue weighted by Crippen LogP contribution is -2.45. The number of rotatable bonds is 3. The first kappa shape index (κ1) is 18.6. The Morgan fingerprint density at radius 3 is 2.37 bits per heavy atom. The van der Waals surface area contributed by atoms with Crippen LogP contribution in [-0.4, -0.2) is 31.1 Å². The van der Waals surface area contributed by atoms with Crippen LogP contribution in [0, 0.1) is 11.6 Å². The van der Waals surface area contributed by atoms with E-state index < -0.39 is 11.6 Å². The van der Waals surface area contributed by atoms with E-state index in [-0.39, 0.29) is 30.9 Å². The molecule has 1 aliphatic heterocycles. The van der Waals surface area contributed by atoms with Crippen LogP contribution in [0.5, 0.6) is 0 Å². The topological polar surface area (TPSA) is 15.3 Å². The van der Waals surface area contributed by atoms with Gasteiger partial charge in [0.2, 0.25) is 0 Å². The molecule has 1 heterocycles. The first-order valence-corrected chi connectivity index (χ1v) is 6.12. The van der Waals surface area contributed by atoms with Crippen LogP contribution in [0.4, 0.5) is 8.78 Å². The maximum atomic E-state index is 13.8. The maximum Gasteiger partial charge on any atom is 0.130 e. The molecule has 0 saturated carbocycles. The van der Waals surface area contributed by atoms with Gasteiger partial charge in [-0.1, -0.05) is 13.0 Å². The Kier molecular flexibility index (Phi) is 8.50. The summed E-state index contributed by atoms with van der Waals surface area (Å²) in [4.78, 5) is 2.26. The molecule has 1 N–H and O–H groups in total. The van der Waals surface area contributed by atoms with Gasteiger partial charge in [-0.2, -0.15) is 0 Å². The molecule has 0 bridgehead atoms. The quantitative estimate of drug-likeness (QED) is 0.922. The van der Waals surface area contributed by atoms with E-state index >= 15 is 0 Å². The zero-order chi connectivity index (χ0) is 12.3. The van der Waals surface area contributed by atoms with Crippen LogP contribution < -0.4 is 5.32 Å². The largest absolute Gasteiger partial charge is 0.314 e. The molecule has 0 radical (unpaired) electrons. The van der Waals surface area contributed by atoms with Crippen LogP contribution in [0.15, 0.2) is 18.2 Å². The molecule has 6 heteroatoms. The van der Waals surface area contributed by atoms with E-state index in [9.17, 15) is 8.78 Å². The zero-order valence-electron chi connectivity index (χ0n) is 10.9. The molecule has 1 aliphatic rings. The molecule has 1 atom stereocenters. The van der Waals surface area contributed by atoms with Gasteiger partial charge < -0.3 is 5.32 Å². The number of hydrogen-bond acceptors (Lipinski definition) is 2. The van der Waals surface area contributed by atoms with Crippen molar-refractivity contribution in [2.45, 2.75) is 19.4 Å². The minimum Gasteiger partial charge on any atom is -0.314 e. The summed E-state index contributed by atoms with van der Waals surface area (Å²) in [6, 6.07) is 3.93. The van der Waals surface area contributed by atoms with Crippen LogP contribution in [0.1, 0.15) is 24.9 Å². The fourth-order valence-electron chi connectivity index (χ4n) is 2.44. The van der Waals surface area contributed by atoms with Crippen molar-refractivity contribution in [1.29, 1.82) is 0 Å². The van der Waals surface area contributed by atoms with Crippen LogP contribution in [0.25, 0.3) is 0 Å². The number of benzene rings is 1. The molecule has 2 nitrogen and oxygen atoms in total. The minimum atomic E-state index is -0.513. The summed E-state index contributed by atoms with van der Waals surface area (Å²) in [6.45, 7) is 5.72. The van der Waals surface area contributed by atoms with E-state index in [1.54, 1.807) is 6.07 Å². The van der Waals surface area contributed by atoms with Crippen molar-refractivity contribution in [3.63, 3.8) is 0 Å². The Bertz CT molecular complexity index is 385. The average Bonchev–Trinajstić information content (AvgIpc) is 2.34. The lowest BCUT2D eigenvalue weighted by atomic mass is 10.0. The molecular formula is C13H20Cl2F2N2. The molecule has 0 aromatic heterocycles. The van der Waals surface area contributed by atoms with Crippen molar-refractivity contribution in [3.8, 4) is 0 Å². The van der Waals surface area contributed by atoms with E-state index in [1.807, 2.05) is 6.92 Å². The second kappa shape index (κ2) is 8.69. The van der Waals surface area contributed by atoms with Gasteiger partial charge in [-0.05, 0) is 12.5 Å². The van der Waals surface area contributed by atoms with Gasteiger partial charge in [-0.15, -0.1) is 24.8 Å². The third-order valence-corrected chi connectivity index (χ3v) is 3.30. The van der Waals surface area contributed by atoms with Crippen LogP contribution >= 0.6 is 24.8 Å². The Labute approximate surface area is 125 Å². The Balaban J connectivity index is 0.00000162. The van der Waals surface area contributed by atoms with E-state index in [0.717, 1.165) is 38.7 Å². The molecule has 2 rings (SSSR count). The second-order valence-electron chi connectivity index (χ2n) is 4.38. The zero-order valence-corrected chi connectivity index (χ0v) is 12.5. The summed E-state index contributed by atoms with van der Waals surface area (Å²) in [5.74, 6) is -0.947. The third-order valence-electron chi connectivity index (χ3n) is 3.30. The van der Waals surface area contributed by atoms with Crippen molar-refractivity contribution < 1.29 is 8.78 Å². The summed E-state index contributed by atoms with van der Waals surface area (Å²) in [5, 5.41) is 3.27. The number of nitrogens with one attached hydrogen (secondary N) is 1. The fourth-order valence-corrected chi connectivity index (χ4v) is 2.44. The molecule has 0 unspecified atom stereocenters. The summed E-state index contributed by atoms with van der Waals surface area (Å²) < 4.78 is 26.7. The van der Waals surface area contributed by atoms with Gasteiger partial charge in [-0.25, -0.2) is 8.78 Å². The van der Waals surface area contributed by atoms with Gasteiger partial charge in [0, 0.05) is 43.9 Å². The maximum absolute atomic E-state index is 13.8. The lowest BCUT2D eigenvalue weighted by molar-refractivity contribution is 0.166. The Morgan fingerprint density at radius 1 is 1.21 bits per heavy atom. The molecule has 1 aromatic carbocycles. The number of halogens is 4.